The number of aromatic amines is 1. The molecule has 0 radical (unpaired) electrons. The van der Waals surface area contributed by atoms with Crippen LogP contribution in [0, 0.1) is 0 Å². The number of carbonyl (C=O) groups excluding carboxylic acids is 1. The average Bonchev–Trinajstić information content (AvgIpc) is 2.63. The molecule has 0 aliphatic heterocycles. The van der Waals surface area contributed by atoms with Gasteiger partial charge in [0.25, 0.3) is 5.56 Å². The Morgan fingerprint density at radius 3 is 2.58 bits per heavy atom. The van der Waals surface area contributed by atoms with Crippen molar-refractivity contribution in [3.63, 3.8) is 0 Å². The molecule has 6 nitrogen and oxygen atoms in total. The van der Waals surface area contributed by atoms with E-state index in [4.69, 9.17) is 23.2 Å². The molecule has 0 atom stereocenters. The van der Waals surface area contributed by atoms with Crippen molar-refractivity contribution in [3.05, 3.63) is 68.9 Å². The second-order valence-electron chi connectivity index (χ2n) is 5.13. The number of hydrogen-bond acceptors (Lipinski definition) is 5. The number of hydrogen-bond donors (Lipinski definition) is 2. The van der Waals surface area contributed by atoms with Gasteiger partial charge in [0.05, 0.1) is 16.5 Å². The monoisotopic (exact) mass is 406 g/mol. The van der Waals surface area contributed by atoms with Crippen LogP contribution in [0.5, 0.6) is 0 Å². The Morgan fingerprint density at radius 1 is 1.12 bits per heavy atom. The number of halogens is 2. The largest absolute Gasteiger partial charge is 0.324 e. The van der Waals surface area contributed by atoms with Gasteiger partial charge in [-0.2, -0.15) is 0 Å². The molecular formula is C17H12Cl2N4O2S. The maximum atomic E-state index is 12.2. The summed E-state index contributed by atoms with van der Waals surface area (Å²) < 4.78 is 0. The molecule has 26 heavy (non-hydrogen) atoms. The van der Waals surface area contributed by atoms with Gasteiger partial charge in [0.15, 0.2) is 10.9 Å². The summed E-state index contributed by atoms with van der Waals surface area (Å²) in [6.07, 6.45) is 0. The van der Waals surface area contributed by atoms with Gasteiger partial charge in [0, 0.05) is 10.6 Å². The second kappa shape index (κ2) is 8.35. The number of anilines is 1. The summed E-state index contributed by atoms with van der Waals surface area (Å²) in [5.41, 5.74) is 0.996. The van der Waals surface area contributed by atoms with Crippen molar-refractivity contribution in [2.45, 2.75) is 5.16 Å². The van der Waals surface area contributed by atoms with E-state index in [1.54, 1.807) is 24.3 Å². The standard InChI is InChI=1S/C17H12Cl2N4O2S/c18-11-6-7-13(12(19)8-11)20-14(24)9-26-17-21-16(25)15(22-23-17)10-4-2-1-3-5-10/h1-8H,9H2,(H,20,24)(H,21,23,25). The maximum absolute atomic E-state index is 12.2. The lowest BCUT2D eigenvalue weighted by atomic mass is 10.2. The average molecular weight is 407 g/mol. The highest BCUT2D eigenvalue weighted by atomic mass is 35.5. The van der Waals surface area contributed by atoms with Crippen molar-refractivity contribution in [2.24, 2.45) is 0 Å². The van der Waals surface area contributed by atoms with Gasteiger partial charge in [-0.25, -0.2) is 0 Å². The van der Waals surface area contributed by atoms with Crippen LogP contribution >= 0.6 is 35.0 Å². The normalized spacial score (nSPS) is 10.5. The lowest BCUT2D eigenvalue weighted by Crippen LogP contribution is -2.17. The number of thioether (sulfide) groups is 1. The Hall–Kier alpha value is -2.35. The molecule has 2 N–H and O–H groups in total. The van der Waals surface area contributed by atoms with Crippen LogP contribution in [0.25, 0.3) is 11.3 Å². The van der Waals surface area contributed by atoms with E-state index >= 15 is 0 Å². The number of nitrogens with one attached hydrogen (secondary N) is 2. The molecule has 1 heterocycles. The highest BCUT2D eigenvalue weighted by Crippen LogP contribution is 2.25. The molecule has 0 aliphatic carbocycles. The molecule has 9 heteroatoms. The number of benzene rings is 2. The van der Waals surface area contributed by atoms with Crippen LogP contribution in [-0.4, -0.2) is 26.8 Å². The lowest BCUT2D eigenvalue weighted by molar-refractivity contribution is -0.113. The van der Waals surface area contributed by atoms with Crippen LogP contribution in [0.4, 0.5) is 5.69 Å². The molecule has 0 spiro atoms. The first-order chi connectivity index (χ1) is 12.5. The highest BCUT2D eigenvalue weighted by Gasteiger charge is 2.11. The third-order valence-corrected chi connectivity index (χ3v) is 4.68. The zero-order valence-corrected chi connectivity index (χ0v) is 15.5. The highest BCUT2D eigenvalue weighted by molar-refractivity contribution is 7.99. The Labute approximate surface area is 163 Å². The summed E-state index contributed by atoms with van der Waals surface area (Å²) in [5, 5.41) is 11.7. The van der Waals surface area contributed by atoms with E-state index in [2.05, 4.69) is 20.5 Å². The molecule has 1 amide bonds. The van der Waals surface area contributed by atoms with Gasteiger partial charge in [-0.05, 0) is 18.2 Å². The van der Waals surface area contributed by atoms with Crippen LogP contribution in [0.2, 0.25) is 10.0 Å². The summed E-state index contributed by atoms with van der Waals surface area (Å²) in [6.45, 7) is 0. The number of amides is 1. The summed E-state index contributed by atoms with van der Waals surface area (Å²) >= 11 is 12.9. The third-order valence-electron chi connectivity index (χ3n) is 3.27. The number of rotatable bonds is 5. The summed E-state index contributed by atoms with van der Waals surface area (Å²) in [6, 6.07) is 13.8. The smallest absolute Gasteiger partial charge is 0.278 e. The van der Waals surface area contributed by atoms with Gasteiger partial charge in [0.2, 0.25) is 5.91 Å². The summed E-state index contributed by atoms with van der Waals surface area (Å²) in [5.74, 6) is -0.261. The SMILES string of the molecule is O=C(CSc1nnc(-c2ccccc2)c(=O)[nH]1)Nc1ccc(Cl)cc1Cl. The fourth-order valence-corrected chi connectivity index (χ4v) is 3.14. The van der Waals surface area contributed by atoms with Crippen LogP contribution < -0.4 is 10.9 Å². The predicted octanol–water partition coefficient (Wildman–Crippen LogP) is 3.87. The fourth-order valence-electron chi connectivity index (χ4n) is 2.08. The predicted molar refractivity (Wildman–Crippen MR) is 104 cm³/mol. The molecule has 0 unspecified atom stereocenters. The Kier molecular flexibility index (Phi) is 5.92. The van der Waals surface area contributed by atoms with E-state index in [-0.39, 0.29) is 28.1 Å². The van der Waals surface area contributed by atoms with Crippen molar-refractivity contribution in [2.75, 3.05) is 11.1 Å². The number of aromatic nitrogens is 3. The van der Waals surface area contributed by atoms with Gasteiger partial charge < -0.3 is 5.32 Å². The Bertz CT molecular complexity index is 996. The number of H-pyrrole nitrogens is 1. The van der Waals surface area contributed by atoms with E-state index in [1.807, 2.05) is 18.2 Å². The lowest BCUT2D eigenvalue weighted by Gasteiger charge is -2.07. The number of nitrogens with zero attached hydrogens (tertiary/aromatic N) is 2. The van der Waals surface area contributed by atoms with Crippen molar-refractivity contribution < 1.29 is 4.79 Å². The zero-order valence-electron chi connectivity index (χ0n) is 13.2. The Morgan fingerprint density at radius 2 is 1.88 bits per heavy atom. The first-order valence-electron chi connectivity index (χ1n) is 7.43. The molecular weight excluding hydrogens is 395 g/mol. The minimum absolute atomic E-state index is 0.0360. The zero-order chi connectivity index (χ0) is 18.5. The molecule has 0 saturated heterocycles. The maximum Gasteiger partial charge on any atom is 0.278 e. The molecule has 0 saturated carbocycles. The third kappa shape index (κ3) is 4.63. The molecule has 0 aliphatic rings. The quantitative estimate of drug-likeness (QED) is 0.627. The summed E-state index contributed by atoms with van der Waals surface area (Å²) in [7, 11) is 0. The van der Waals surface area contributed by atoms with Crippen LogP contribution in [-0.2, 0) is 4.79 Å². The van der Waals surface area contributed by atoms with Crippen LogP contribution in [0.3, 0.4) is 0 Å². The minimum atomic E-state index is -0.366. The molecule has 0 fully saturated rings. The first-order valence-corrected chi connectivity index (χ1v) is 9.17. The molecule has 0 bridgehead atoms. The van der Waals surface area contributed by atoms with Gasteiger partial charge in [-0.1, -0.05) is 65.3 Å². The van der Waals surface area contributed by atoms with Crippen molar-refractivity contribution in [1.82, 2.24) is 15.2 Å². The van der Waals surface area contributed by atoms with Gasteiger partial charge in [-0.15, -0.1) is 10.2 Å². The van der Waals surface area contributed by atoms with Crippen LogP contribution in [0.1, 0.15) is 0 Å². The van der Waals surface area contributed by atoms with E-state index in [0.29, 0.717) is 21.3 Å². The molecule has 3 rings (SSSR count). The molecule has 2 aromatic carbocycles. The molecule has 3 aromatic rings. The van der Waals surface area contributed by atoms with Gasteiger partial charge in [0.1, 0.15) is 0 Å². The van der Waals surface area contributed by atoms with Crippen molar-refractivity contribution in [1.29, 1.82) is 0 Å². The first kappa shape index (κ1) is 18.4. The van der Waals surface area contributed by atoms with Gasteiger partial charge >= 0.3 is 0 Å². The number of carbonyl (C=O) groups is 1. The van der Waals surface area contributed by atoms with Crippen molar-refractivity contribution >= 4 is 46.6 Å². The molecule has 1 aromatic heterocycles. The van der Waals surface area contributed by atoms with E-state index in [0.717, 1.165) is 11.8 Å². The van der Waals surface area contributed by atoms with Crippen LogP contribution in [0.15, 0.2) is 58.5 Å². The Balaban J connectivity index is 1.63. The second-order valence-corrected chi connectivity index (χ2v) is 6.94. The minimum Gasteiger partial charge on any atom is -0.324 e. The van der Waals surface area contributed by atoms with Gasteiger partial charge in [-0.3, -0.25) is 14.6 Å². The summed E-state index contributed by atoms with van der Waals surface area (Å²) in [4.78, 5) is 26.8. The molecule has 132 valence electrons. The topological polar surface area (TPSA) is 87.7 Å². The van der Waals surface area contributed by atoms with E-state index in [9.17, 15) is 9.59 Å². The van der Waals surface area contributed by atoms with Crippen molar-refractivity contribution in [3.8, 4) is 11.3 Å². The van der Waals surface area contributed by atoms with E-state index in [1.165, 1.54) is 6.07 Å². The van der Waals surface area contributed by atoms with E-state index < -0.39 is 0 Å². The fraction of sp³-hybridized carbons (Fsp3) is 0.0588.